The quantitative estimate of drug-likeness (QED) is 0.742. The van der Waals surface area contributed by atoms with Gasteiger partial charge in [-0.15, -0.1) is 0 Å². The Kier molecular flexibility index (Phi) is 4.92. The fraction of sp³-hybridized carbons (Fsp3) is 0.381. The molecule has 5 heteroatoms. The zero-order valence-electron chi connectivity index (χ0n) is 16.3. The second kappa shape index (κ2) is 7.00. The molecule has 2 aromatic heterocycles. The molecular formula is C21H26N2O3. The number of likely N-dealkylation sites (N-methyl/N-ethyl adjacent to an activating group) is 1. The molecule has 3 rings (SSSR count). The van der Waals surface area contributed by atoms with Crippen LogP contribution in [0.2, 0.25) is 0 Å². The van der Waals surface area contributed by atoms with E-state index in [0.29, 0.717) is 12.3 Å². The van der Waals surface area contributed by atoms with Crippen LogP contribution in [-0.2, 0) is 0 Å². The molecule has 1 atom stereocenters. The van der Waals surface area contributed by atoms with E-state index >= 15 is 0 Å². The summed E-state index contributed by atoms with van der Waals surface area (Å²) in [6.45, 7) is 8.38. The summed E-state index contributed by atoms with van der Waals surface area (Å²) in [4.78, 5) is 14.7. The molecule has 2 heterocycles. The van der Waals surface area contributed by atoms with Crippen LogP contribution in [0, 0.1) is 27.7 Å². The first-order chi connectivity index (χ1) is 12.3. The average Bonchev–Trinajstić information content (AvgIpc) is 3.12. The second-order valence-electron chi connectivity index (χ2n) is 7.13. The maximum atomic E-state index is 12.7. The Bertz CT molecular complexity index is 950. The highest BCUT2D eigenvalue weighted by atomic mass is 16.3. The van der Waals surface area contributed by atoms with Gasteiger partial charge >= 0.3 is 0 Å². The van der Waals surface area contributed by atoms with E-state index in [1.807, 2.05) is 58.0 Å². The third-order valence-electron chi connectivity index (χ3n) is 4.93. The Morgan fingerprint density at radius 2 is 1.77 bits per heavy atom. The fourth-order valence-electron chi connectivity index (χ4n) is 3.13. The summed E-state index contributed by atoms with van der Waals surface area (Å²) in [5.74, 6) is 1.86. The Hall–Kier alpha value is -2.53. The third-order valence-corrected chi connectivity index (χ3v) is 4.93. The van der Waals surface area contributed by atoms with Gasteiger partial charge in [0, 0.05) is 17.5 Å². The molecule has 1 amide bonds. The van der Waals surface area contributed by atoms with Crippen molar-refractivity contribution in [3.8, 4) is 0 Å². The monoisotopic (exact) mass is 354 g/mol. The number of hydrogen-bond acceptors (Lipinski definition) is 4. The number of hydrogen-bond donors (Lipinski definition) is 1. The topological polar surface area (TPSA) is 58.6 Å². The predicted octanol–water partition coefficient (Wildman–Crippen LogP) is 4.29. The molecule has 5 nitrogen and oxygen atoms in total. The van der Waals surface area contributed by atoms with E-state index in [2.05, 4.69) is 18.3 Å². The summed E-state index contributed by atoms with van der Waals surface area (Å²) in [5, 5.41) is 3.97. The number of benzene rings is 1. The number of carbonyl (C=O) groups excluding carboxylic acids is 1. The summed E-state index contributed by atoms with van der Waals surface area (Å²) in [6.07, 6.45) is 0. The Balaban J connectivity index is 1.81. The van der Waals surface area contributed by atoms with Crippen molar-refractivity contribution in [2.45, 2.75) is 33.7 Å². The molecule has 0 aliphatic carbocycles. The molecule has 0 aliphatic heterocycles. The van der Waals surface area contributed by atoms with Gasteiger partial charge in [-0.1, -0.05) is 0 Å². The summed E-state index contributed by atoms with van der Waals surface area (Å²) >= 11 is 0. The fourth-order valence-corrected chi connectivity index (χ4v) is 3.13. The van der Waals surface area contributed by atoms with Gasteiger partial charge in [-0.3, -0.25) is 9.69 Å². The average molecular weight is 354 g/mol. The molecule has 3 aromatic rings. The number of rotatable bonds is 5. The van der Waals surface area contributed by atoms with Gasteiger partial charge in [0.15, 0.2) is 5.76 Å². The maximum Gasteiger partial charge on any atom is 0.287 e. The normalized spacial score (nSPS) is 12.7. The van der Waals surface area contributed by atoms with Gasteiger partial charge in [0.05, 0.1) is 6.04 Å². The van der Waals surface area contributed by atoms with Crippen LogP contribution in [0.4, 0.5) is 0 Å². The molecule has 0 unspecified atom stereocenters. The molecule has 1 aromatic carbocycles. The third kappa shape index (κ3) is 3.40. The summed E-state index contributed by atoms with van der Waals surface area (Å²) < 4.78 is 11.6. The van der Waals surface area contributed by atoms with Crippen molar-refractivity contribution in [3.63, 3.8) is 0 Å². The molecule has 0 fully saturated rings. The first-order valence-electron chi connectivity index (χ1n) is 8.79. The number of nitrogens with one attached hydrogen (secondary N) is 1. The Labute approximate surface area is 154 Å². The number of fused-ring (bicyclic) bond motifs is 1. The number of aryl methyl sites for hydroxylation is 4. The smallest absolute Gasteiger partial charge is 0.287 e. The summed E-state index contributed by atoms with van der Waals surface area (Å²) in [6, 6.07) is 7.91. The van der Waals surface area contributed by atoms with E-state index < -0.39 is 0 Å². The van der Waals surface area contributed by atoms with Crippen LogP contribution >= 0.6 is 0 Å². The first-order valence-corrected chi connectivity index (χ1v) is 8.79. The van der Waals surface area contributed by atoms with Crippen LogP contribution in [-0.4, -0.2) is 31.4 Å². The van der Waals surface area contributed by atoms with E-state index in [4.69, 9.17) is 8.83 Å². The number of furan rings is 2. The molecule has 0 saturated heterocycles. The predicted molar refractivity (Wildman–Crippen MR) is 103 cm³/mol. The molecule has 0 aliphatic rings. The minimum absolute atomic E-state index is 0.0400. The zero-order chi connectivity index (χ0) is 19.0. The van der Waals surface area contributed by atoms with Gasteiger partial charge in [-0.25, -0.2) is 0 Å². The second-order valence-corrected chi connectivity index (χ2v) is 7.13. The summed E-state index contributed by atoms with van der Waals surface area (Å²) in [5.41, 5.74) is 3.96. The molecular weight excluding hydrogens is 328 g/mol. The molecule has 26 heavy (non-hydrogen) atoms. The lowest BCUT2D eigenvalue weighted by atomic mass is 10.0. The Morgan fingerprint density at radius 3 is 2.38 bits per heavy atom. The minimum Gasteiger partial charge on any atom is -0.465 e. The summed E-state index contributed by atoms with van der Waals surface area (Å²) in [7, 11) is 3.93. The van der Waals surface area contributed by atoms with E-state index in [9.17, 15) is 4.79 Å². The number of nitrogens with zero attached hydrogens (tertiary/aromatic N) is 1. The highest BCUT2D eigenvalue weighted by Gasteiger charge is 2.22. The SMILES string of the molecule is Cc1ccc([C@H](CNC(=O)c2oc3cc(C)c(C)cc3c2C)N(C)C)o1. The number of amides is 1. The van der Waals surface area contributed by atoms with E-state index in [1.165, 1.54) is 5.56 Å². The van der Waals surface area contributed by atoms with Crippen molar-refractivity contribution >= 4 is 16.9 Å². The molecule has 0 saturated carbocycles. The van der Waals surface area contributed by atoms with Crippen molar-refractivity contribution in [1.29, 1.82) is 0 Å². The van der Waals surface area contributed by atoms with Crippen molar-refractivity contribution in [2.24, 2.45) is 0 Å². The van der Waals surface area contributed by atoms with Crippen molar-refractivity contribution in [1.82, 2.24) is 10.2 Å². The largest absolute Gasteiger partial charge is 0.465 e. The lowest BCUT2D eigenvalue weighted by Gasteiger charge is -2.22. The highest BCUT2D eigenvalue weighted by molar-refractivity contribution is 5.99. The highest BCUT2D eigenvalue weighted by Crippen LogP contribution is 2.28. The van der Waals surface area contributed by atoms with Gasteiger partial charge in [-0.2, -0.15) is 0 Å². The minimum atomic E-state index is -0.205. The van der Waals surface area contributed by atoms with Gasteiger partial charge in [0.1, 0.15) is 17.1 Å². The van der Waals surface area contributed by atoms with Crippen LogP contribution in [0.25, 0.3) is 11.0 Å². The van der Waals surface area contributed by atoms with Crippen LogP contribution in [0.5, 0.6) is 0 Å². The standard InChI is InChI=1S/C21H26N2O3/c1-12-9-16-15(4)20(26-19(16)10-13(12)2)21(24)22-11-17(23(5)6)18-8-7-14(3)25-18/h7-10,17H,11H2,1-6H3,(H,22,24)/t17-/m0/s1. The molecule has 0 bridgehead atoms. The van der Waals surface area contributed by atoms with Crippen LogP contribution in [0.1, 0.15) is 44.8 Å². The molecule has 138 valence electrons. The van der Waals surface area contributed by atoms with Crippen LogP contribution < -0.4 is 5.32 Å². The lowest BCUT2D eigenvalue weighted by molar-refractivity contribution is 0.0912. The molecule has 0 radical (unpaired) electrons. The van der Waals surface area contributed by atoms with Gasteiger partial charge in [0.2, 0.25) is 0 Å². The van der Waals surface area contributed by atoms with Crippen LogP contribution in [0.15, 0.2) is 33.1 Å². The maximum absolute atomic E-state index is 12.7. The van der Waals surface area contributed by atoms with Crippen molar-refractivity contribution in [2.75, 3.05) is 20.6 Å². The van der Waals surface area contributed by atoms with Crippen molar-refractivity contribution in [3.05, 3.63) is 58.2 Å². The van der Waals surface area contributed by atoms with Gasteiger partial charge < -0.3 is 14.2 Å². The molecule has 1 N–H and O–H groups in total. The Morgan fingerprint density at radius 1 is 1.08 bits per heavy atom. The lowest BCUT2D eigenvalue weighted by Crippen LogP contribution is -2.34. The molecule has 0 spiro atoms. The number of carbonyl (C=O) groups is 1. The zero-order valence-corrected chi connectivity index (χ0v) is 16.3. The van der Waals surface area contributed by atoms with Crippen LogP contribution in [0.3, 0.4) is 0 Å². The van der Waals surface area contributed by atoms with Gasteiger partial charge in [-0.05, 0) is 77.2 Å². The van der Waals surface area contributed by atoms with E-state index in [-0.39, 0.29) is 11.9 Å². The van der Waals surface area contributed by atoms with Crippen molar-refractivity contribution < 1.29 is 13.6 Å². The van der Waals surface area contributed by atoms with Gasteiger partial charge in [0.25, 0.3) is 5.91 Å². The van der Waals surface area contributed by atoms with E-state index in [0.717, 1.165) is 33.6 Å². The van der Waals surface area contributed by atoms with E-state index in [1.54, 1.807) is 0 Å². The first kappa shape index (κ1) is 18.3.